The van der Waals surface area contributed by atoms with Gasteiger partial charge in [-0.15, -0.1) is 11.8 Å². The molecule has 1 amide bonds. The van der Waals surface area contributed by atoms with E-state index in [4.69, 9.17) is 5.26 Å². The maximum absolute atomic E-state index is 13.4. The first kappa shape index (κ1) is 14.6. The number of thioether (sulfide) groups is 1. The highest BCUT2D eigenvalue weighted by atomic mass is 32.2. The van der Waals surface area contributed by atoms with Gasteiger partial charge in [-0.05, 0) is 42.0 Å². The predicted molar refractivity (Wildman–Crippen MR) is 83.8 cm³/mol. The first-order valence-corrected chi connectivity index (χ1v) is 7.92. The fourth-order valence-electron chi connectivity index (χ4n) is 2.47. The molecule has 0 spiro atoms. The van der Waals surface area contributed by atoms with Crippen molar-refractivity contribution in [1.82, 2.24) is 4.90 Å². The van der Waals surface area contributed by atoms with Crippen LogP contribution in [0.15, 0.2) is 48.5 Å². The van der Waals surface area contributed by atoms with Gasteiger partial charge in [0.1, 0.15) is 11.2 Å². The largest absolute Gasteiger partial charge is 0.322 e. The Kier molecular flexibility index (Phi) is 4.12. The molecule has 0 aromatic heterocycles. The van der Waals surface area contributed by atoms with Crippen molar-refractivity contribution in [3.05, 3.63) is 71.0 Å². The van der Waals surface area contributed by atoms with Crippen LogP contribution in [-0.4, -0.2) is 23.1 Å². The van der Waals surface area contributed by atoms with E-state index in [1.807, 2.05) is 12.1 Å². The number of benzene rings is 2. The average molecular weight is 312 g/mol. The van der Waals surface area contributed by atoms with E-state index in [1.54, 1.807) is 47.0 Å². The van der Waals surface area contributed by atoms with Gasteiger partial charge < -0.3 is 4.90 Å². The Morgan fingerprint density at radius 1 is 1.27 bits per heavy atom. The van der Waals surface area contributed by atoms with Crippen molar-refractivity contribution in [2.45, 2.75) is 5.37 Å². The maximum atomic E-state index is 13.4. The molecular formula is C17H13FN2OS. The van der Waals surface area contributed by atoms with E-state index in [-0.39, 0.29) is 17.1 Å². The first-order chi connectivity index (χ1) is 10.7. The Morgan fingerprint density at radius 2 is 2.05 bits per heavy atom. The SMILES string of the molecule is N#Cc1ccc(C(=O)N2CCS[C@@H]2c2cccc(F)c2)cc1. The zero-order valence-electron chi connectivity index (χ0n) is 11.7. The van der Waals surface area contributed by atoms with E-state index in [0.29, 0.717) is 17.7 Å². The molecule has 0 bridgehead atoms. The number of carbonyl (C=O) groups excluding carboxylic acids is 1. The molecule has 1 aliphatic heterocycles. The van der Waals surface area contributed by atoms with E-state index < -0.39 is 0 Å². The molecule has 1 fully saturated rings. The molecule has 1 aliphatic rings. The minimum atomic E-state index is -0.296. The van der Waals surface area contributed by atoms with Crippen molar-refractivity contribution >= 4 is 17.7 Å². The molecule has 0 aliphatic carbocycles. The predicted octanol–water partition coefficient (Wildman–Crippen LogP) is 3.59. The third-order valence-electron chi connectivity index (χ3n) is 3.55. The van der Waals surface area contributed by atoms with Crippen LogP contribution in [0.1, 0.15) is 26.9 Å². The molecule has 110 valence electrons. The standard InChI is InChI=1S/C17H13FN2OS/c18-15-3-1-2-14(10-15)17-20(8-9-22-17)16(21)13-6-4-12(11-19)5-7-13/h1-7,10,17H,8-9H2/t17-/m1/s1. The monoisotopic (exact) mass is 312 g/mol. The Bertz CT molecular complexity index is 739. The Morgan fingerprint density at radius 3 is 2.73 bits per heavy atom. The van der Waals surface area contributed by atoms with Crippen LogP contribution in [0.4, 0.5) is 4.39 Å². The minimum absolute atomic E-state index is 0.0937. The topological polar surface area (TPSA) is 44.1 Å². The lowest BCUT2D eigenvalue weighted by molar-refractivity contribution is 0.0760. The fourth-order valence-corrected chi connectivity index (χ4v) is 3.71. The van der Waals surface area contributed by atoms with Gasteiger partial charge in [-0.25, -0.2) is 4.39 Å². The van der Waals surface area contributed by atoms with Crippen LogP contribution in [0.3, 0.4) is 0 Å². The highest BCUT2D eigenvalue weighted by Crippen LogP contribution is 2.38. The molecule has 2 aromatic carbocycles. The quantitative estimate of drug-likeness (QED) is 0.851. The molecule has 1 atom stereocenters. The maximum Gasteiger partial charge on any atom is 0.255 e. The molecule has 0 N–H and O–H groups in total. The van der Waals surface area contributed by atoms with Gasteiger partial charge in [-0.1, -0.05) is 12.1 Å². The molecule has 2 aromatic rings. The number of amides is 1. The van der Waals surface area contributed by atoms with Gasteiger partial charge in [0, 0.05) is 17.9 Å². The van der Waals surface area contributed by atoms with Crippen molar-refractivity contribution in [3.8, 4) is 6.07 Å². The lowest BCUT2D eigenvalue weighted by Crippen LogP contribution is -2.30. The Hall–Kier alpha value is -2.32. The molecule has 22 heavy (non-hydrogen) atoms. The van der Waals surface area contributed by atoms with Crippen molar-refractivity contribution in [2.75, 3.05) is 12.3 Å². The summed E-state index contributed by atoms with van der Waals surface area (Å²) in [6.45, 7) is 0.630. The van der Waals surface area contributed by atoms with Gasteiger partial charge in [-0.2, -0.15) is 5.26 Å². The second kappa shape index (κ2) is 6.20. The van der Waals surface area contributed by atoms with Crippen molar-refractivity contribution < 1.29 is 9.18 Å². The highest BCUT2D eigenvalue weighted by molar-refractivity contribution is 7.99. The average Bonchev–Trinajstić information content (AvgIpc) is 3.04. The summed E-state index contributed by atoms with van der Waals surface area (Å²) in [7, 11) is 0. The lowest BCUT2D eigenvalue weighted by atomic mass is 10.1. The molecule has 0 radical (unpaired) electrons. The van der Waals surface area contributed by atoms with Crippen LogP contribution < -0.4 is 0 Å². The summed E-state index contributed by atoms with van der Waals surface area (Å²) in [5.41, 5.74) is 1.86. The van der Waals surface area contributed by atoms with Gasteiger partial charge in [0.2, 0.25) is 0 Å². The number of hydrogen-bond donors (Lipinski definition) is 0. The number of hydrogen-bond acceptors (Lipinski definition) is 3. The van der Waals surface area contributed by atoms with E-state index in [0.717, 1.165) is 11.3 Å². The Labute approximate surface area is 132 Å². The molecule has 3 rings (SSSR count). The van der Waals surface area contributed by atoms with Crippen LogP contribution in [0.2, 0.25) is 0 Å². The van der Waals surface area contributed by atoms with Crippen LogP contribution in [-0.2, 0) is 0 Å². The lowest BCUT2D eigenvalue weighted by Gasteiger charge is -2.24. The van der Waals surface area contributed by atoms with E-state index in [2.05, 4.69) is 0 Å². The summed E-state index contributed by atoms with van der Waals surface area (Å²) in [4.78, 5) is 14.4. The molecular weight excluding hydrogens is 299 g/mol. The van der Waals surface area contributed by atoms with Gasteiger partial charge in [0.05, 0.1) is 11.6 Å². The summed E-state index contributed by atoms with van der Waals surface area (Å²) >= 11 is 1.63. The molecule has 1 saturated heterocycles. The third-order valence-corrected chi connectivity index (χ3v) is 4.81. The molecule has 5 heteroatoms. The molecule has 1 heterocycles. The van der Waals surface area contributed by atoms with E-state index in [9.17, 15) is 9.18 Å². The fraction of sp³-hybridized carbons (Fsp3) is 0.176. The van der Waals surface area contributed by atoms with Crippen LogP contribution in [0.5, 0.6) is 0 Å². The van der Waals surface area contributed by atoms with Crippen molar-refractivity contribution in [1.29, 1.82) is 5.26 Å². The number of carbonyl (C=O) groups is 1. The number of rotatable bonds is 2. The van der Waals surface area contributed by atoms with Gasteiger partial charge in [0.25, 0.3) is 5.91 Å². The third kappa shape index (κ3) is 2.83. The number of nitrogens with zero attached hydrogens (tertiary/aromatic N) is 2. The summed E-state index contributed by atoms with van der Waals surface area (Å²) in [6, 6.07) is 15.0. The van der Waals surface area contributed by atoms with Gasteiger partial charge in [0.15, 0.2) is 0 Å². The zero-order valence-corrected chi connectivity index (χ0v) is 12.5. The summed E-state index contributed by atoms with van der Waals surface area (Å²) in [5.74, 6) is 0.433. The van der Waals surface area contributed by atoms with E-state index in [1.165, 1.54) is 12.1 Å². The van der Waals surface area contributed by atoms with Crippen LogP contribution >= 0.6 is 11.8 Å². The number of nitriles is 1. The first-order valence-electron chi connectivity index (χ1n) is 6.87. The van der Waals surface area contributed by atoms with E-state index >= 15 is 0 Å². The van der Waals surface area contributed by atoms with Crippen LogP contribution in [0, 0.1) is 17.1 Å². The second-order valence-electron chi connectivity index (χ2n) is 4.97. The molecule has 0 saturated carbocycles. The summed E-state index contributed by atoms with van der Waals surface area (Å²) in [6.07, 6.45) is 0. The second-order valence-corrected chi connectivity index (χ2v) is 6.15. The van der Waals surface area contributed by atoms with Gasteiger partial charge in [-0.3, -0.25) is 4.79 Å². The molecule has 3 nitrogen and oxygen atoms in total. The Balaban J connectivity index is 1.86. The van der Waals surface area contributed by atoms with Gasteiger partial charge >= 0.3 is 0 Å². The van der Waals surface area contributed by atoms with Crippen LogP contribution in [0.25, 0.3) is 0 Å². The number of halogens is 1. The smallest absolute Gasteiger partial charge is 0.255 e. The summed E-state index contributed by atoms with van der Waals surface area (Å²) in [5, 5.41) is 8.64. The van der Waals surface area contributed by atoms with Crippen molar-refractivity contribution in [3.63, 3.8) is 0 Å². The zero-order chi connectivity index (χ0) is 15.5. The normalized spacial score (nSPS) is 17.3. The minimum Gasteiger partial charge on any atom is -0.322 e. The highest BCUT2D eigenvalue weighted by Gasteiger charge is 2.31. The van der Waals surface area contributed by atoms with Crippen molar-refractivity contribution in [2.24, 2.45) is 0 Å². The summed E-state index contributed by atoms with van der Waals surface area (Å²) < 4.78 is 13.4. The molecule has 0 unspecified atom stereocenters.